The Morgan fingerprint density at radius 3 is 2.58 bits per heavy atom. The Labute approximate surface area is 75.8 Å². The number of alkyl halides is 1. The number of aryl methyl sites for hydroxylation is 1. The molecule has 0 radical (unpaired) electrons. The predicted molar refractivity (Wildman–Crippen MR) is 49.2 cm³/mol. The Balaban J connectivity index is 3.22. The van der Waals surface area contributed by atoms with E-state index >= 15 is 0 Å². The van der Waals surface area contributed by atoms with E-state index in [1.807, 2.05) is 19.9 Å². The molecule has 0 heterocycles. The van der Waals surface area contributed by atoms with Crippen molar-refractivity contribution in [3.8, 4) is 0 Å². The van der Waals surface area contributed by atoms with E-state index in [0.717, 1.165) is 16.0 Å². The van der Waals surface area contributed by atoms with E-state index < -0.39 is 6.67 Å². The van der Waals surface area contributed by atoms with Gasteiger partial charge >= 0.3 is 0 Å². The van der Waals surface area contributed by atoms with Crippen molar-refractivity contribution in [2.75, 3.05) is 0 Å². The van der Waals surface area contributed by atoms with Gasteiger partial charge in [0.2, 0.25) is 0 Å². The fourth-order valence-electron chi connectivity index (χ4n) is 1.13. The highest BCUT2D eigenvalue weighted by Crippen LogP contribution is 2.24. The summed E-state index contributed by atoms with van der Waals surface area (Å²) in [5.41, 5.74) is 2.46. The predicted octanol–water partition coefficient (Wildman–Crippen LogP) is 3.34. The van der Waals surface area contributed by atoms with E-state index in [2.05, 4.69) is 0 Å². The minimum Gasteiger partial charge on any atom is -0.325 e. The molecular formula is C9H11FOS. The van der Waals surface area contributed by atoms with Crippen LogP contribution in [0, 0.1) is 13.8 Å². The molecule has 3 heteroatoms. The van der Waals surface area contributed by atoms with Crippen molar-refractivity contribution < 1.29 is 8.94 Å². The highest BCUT2D eigenvalue weighted by Gasteiger charge is 2.04. The molecule has 0 saturated heterocycles. The van der Waals surface area contributed by atoms with Crippen molar-refractivity contribution in [1.82, 2.24) is 0 Å². The summed E-state index contributed by atoms with van der Waals surface area (Å²) in [6.07, 6.45) is 0. The van der Waals surface area contributed by atoms with Crippen molar-refractivity contribution in [3.05, 3.63) is 28.8 Å². The largest absolute Gasteiger partial charge is 0.325 e. The Morgan fingerprint density at radius 1 is 1.42 bits per heavy atom. The van der Waals surface area contributed by atoms with Crippen molar-refractivity contribution in [2.24, 2.45) is 0 Å². The van der Waals surface area contributed by atoms with E-state index in [-0.39, 0.29) is 0 Å². The van der Waals surface area contributed by atoms with Gasteiger partial charge < -0.3 is 4.55 Å². The molecule has 1 aromatic rings. The van der Waals surface area contributed by atoms with Crippen molar-refractivity contribution in [3.63, 3.8) is 0 Å². The van der Waals surface area contributed by atoms with Gasteiger partial charge in [-0.05, 0) is 36.6 Å². The summed E-state index contributed by atoms with van der Waals surface area (Å²) in [5, 5.41) is 0. The number of hydrogen-bond donors (Lipinski definition) is 1. The van der Waals surface area contributed by atoms with Crippen LogP contribution >= 0.6 is 12.0 Å². The zero-order valence-corrected chi connectivity index (χ0v) is 7.91. The third kappa shape index (κ3) is 1.79. The van der Waals surface area contributed by atoms with Crippen LogP contribution in [0.3, 0.4) is 0 Å². The third-order valence-electron chi connectivity index (χ3n) is 1.85. The summed E-state index contributed by atoms with van der Waals surface area (Å²) < 4.78 is 21.2. The standard InChI is InChI=1S/C9H11FOS/c1-6-3-8(5-10)7(2)9(4-6)12-11/h3-4,11H,5H2,1-2H3. The molecular weight excluding hydrogens is 175 g/mol. The molecule has 0 spiro atoms. The van der Waals surface area contributed by atoms with E-state index in [1.165, 1.54) is 0 Å². The molecule has 0 atom stereocenters. The van der Waals surface area contributed by atoms with Crippen LogP contribution in [0.2, 0.25) is 0 Å². The first-order valence-electron chi connectivity index (χ1n) is 3.66. The second-order valence-electron chi connectivity index (χ2n) is 2.77. The van der Waals surface area contributed by atoms with Gasteiger partial charge in [-0.3, -0.25) is 0 Å². The SMILES string of the molecule is Cc1cc(CF)c(C)c(SO)c1. The molecule has 1 aromatic carbocycles. The van der Waals surface area contributed by atoms with Crippen LogP contribution in [0.1, 0.15) is 16.7 Å². The van der Waals surface area contributed by atoms with Gasteiger partial charge in [-0.25, -0.2) is 4.39 Å². The minimum atomic E-state index is -0.471. The second-order valence-corrected chi connectivity index (χ2v) is 3.39. The van der Waals surface area contributed by atoms with Crippen LogP contribution < -0.4 is 0 Å². The van der Waals surface area contributed by atoms with Gasteiger partial charge in [0.05, 0.1) is 0 Å². The lowest BCUT2D eigenvalue weighted by Crippen LogP contribution is -1.90. The maximum atomic E-state index is 12.4. The number of rotatable bonds is 2. The molecule has 0 aliphatic rings. The van der Waals surface area contributed by atoms with Crippen molar-refractivity contribution in [1.29, 1.82) is 0 Å². The molecule has 0 fully saturated rings. The average Bonchev–Trinajstić information content (AvgIpc) is 2.08. The number of hydrogen-bond acceptors (Lipinski definition) is 2. The Hall–Kier alpha value is -0.540. The maximum absolute atomic E-state index is 12.4. The highest BCUT2D eigenvalue weighted by molar-refractivity contribution is 7.93. The van der Waals surface area contributed by atoms with E-state index in [4.69, 9.17) is 4.55 Å². The molecule has 0 aliphatic heterocycles. The van der Waals surface area contributed by atoms with E-state index in [1.54, 1.807) is 6.07 Å². The van der Waals surface area contributed by atoms with Gasteiger partial charge in [0, 0.05) is 16.9 Å². The maximum Gasteiger partial charge on any atom is 0.115 e. The van der Waals surface area contributed by atoms with Crippen molar-refractivity contribution >= 4 is 12.0 Å². The molecule has 0 aliphatic carbocycles. The van der Waals surface area contributed by atoms with Crippen LogP contribution in [0.4, 0.5) is 4.39 Å². The molecule has 0 saturated carbocycles. The van der Waals surface area contributed by atoms with Crippen molar-refractivity contribution in [2.45, 2.75) is 25.4 Å². The molecule has 0 aromatic heterocycles. The zero-order chi connectivity index (χ0) is 9.14. The Kier molecular flexibility index (Phi) is 3.12. The van der Waals surface area contributed by atoms with Crippen LogP contribution in [-0.4, -0.2) is 4.55 Å². The van der Waals surface area contributed by atoms with E-state index in [9.17, 15) is 4.39 Å². The summed E-state index contributed by atoms with van der Waals surface area (Å²) in [6, 6.07) is 3.65. The molecule has 1 rings (SSSR count). The van der Waals surface area contributed by atoms with Gasteiger partial charge in [-0.15, -0.1) is 0 Å². The lowest BCUT2D eigenvalue weighted by atomic mass is 10.1. The van der Waals surface area contributed by atoms with Crippen LogP contribution in [0.5, 0.6) is 0 Å². The summed E-state index contributed by atoms with van der Waals surface area (Å²) in [6.45, 7) is 3.23. The topological polar surface area (TPSA) is 20.2 Å². The van der Waals surface area contributed by atoms with Gasteiger partial charge in [0.25, 0.3) is 0 Å². The lowest BCUT2D eigenvalue weighted by Gasteiger charge is -2.07. The molecule has 1 N–H and O–H groups in total. The van der Waals surface area contributed by atoms with Gasteiger partial charge in [0.1, 0.15) is 6.67 Å². The third-order valence-corrected chi connectivity index (χ3v) is 2.47. The van der Waals surface area contributed by atoms with Gasteiger partial charge in [-0.1, -0.05) is 6.07 Å². The number of benzene rings is 1. The summed E-state index contributed by atoms with van der Waals surface area (Å²) in [5.74, 6) is 0. The fraction of sp³-hybridized carbons (Fsp3) is 0.333. The lowest BCUT2D eigenvalue weighted by molar-refractivity contribution is 0.482. The van der Waals surface area contributed by atoms with Crippen LogP contribution in [0.15, 0.2) is 17.0 Å². The van der Waals surface area contributed by atoms with E-state index in [0.29, 0.717) is 17.6 Å². The first-order chi connectivity index (χ1) is 5.69. The monoisotopic (exact) mass is 186 g/mol. The highest BCUT2D eigenvalue weighted by atomic mass is 32.2. The molecule has 0 amide bonds. The number of halogens is 1. The Bertz CT molecular complexity index is 261. The molecule has 12 heavy (non-hydrogen) atoms. The molecule has 1 nitrogen and oxygen atoms in total. The van der Waals surface area contributed by atoms with Gasteiger partial charge in [-0.2, -0.15) is 0 Å². The summed E-state index contributed by atoms with van der Waals surface area (Å²) in [7, 11) is 0. The molecule has 0 bridgehead atoms. The minimum absolute atomic E-state index is 0.471. The quantitative estimate of drug-likeness (QED) is 0.715. The Morgan fingerprint density at radius 2 is 2.08 bits per heavy atom. The first-order valence-corrected chi connectivity index (χ1v) is 4.44. The zero-order valence-electron chi connectivity index (χ0n) is 7.10. The summed E-state index contributed by atoms with van der Waals surface area (Å²) >= 11 is 0.672. The second kappa shape index (κ2) is 3.92. The van der Waals surface area contributed by atoms with Gasteiger partial charge in [0.15, 0.2) is 0 Å². The summed E-state index contributed by atoms with van der Waals surface area (Å²) in [4.78, 5) is 0.739. The normalized spacial score (nSPS) is 10.3. The van der Waals surface area contributed by atoms with Crippen LogP contribution in [-0.2, 0) is 6.67 Å². The molecule has 0 unspecified atom stereocenters. The first kappa shape index (κ1) is 9.55. The smallest absolute Gasteiger partial charge is 0.115 e. The molecule has 66 valence electrons. The van der Waals surface area contributed by atoms with Crippen LogP contribution in [0.25, 0.3) is 0 Å². The average molecular weight is 186 g/mol. The fourth-order valence-corrected chi connectivity index (χ4v) is 1.64.